The van der Waals surface area contributed by atoms with Crippen molar-refractivity contribution in [2.75, 3.05) is 6.54 Å². The summed E-state index contributed by atoms with van der Waals surface area (Å²) < 4.78 is 1.75. The minimum Gasteiger partial charge on any atom is -0.465 e. The second-order valence-electron chi connectivity index (χ2n) is 4.96. The molecular formula is C14H16N4O2. The first-order valence-electron chi connectivity index (χ1n) is 6.67. The topological polar surface area (TPSA) is 71.2 Å². The van der Waals surface area contributed by atoms with Gasteiger partial charge in [-0.05, 0) is 18.4 Å². The highest BCUT2D eigenvalue weighted by Crippen LogP contribution is 2.30. The molecule has 1 saturated heterocycles. The lowest BCUT2D eigenvalue weighted by Gasteiger charge is -2.18. The molecular weight excluding hydrogens is 256 g/mol. The van der Waals surface area contributed by atoms with Crippen LogP contribution in [0.25, 0.3) is 0 Å². The van der Waals surface area contributed by atoms with Gasteiger partial charge in [0.15, 0.2) is 0 Å². The van der Waals surface area contributed by atoms with Crippen LogP contribution in [0.3, 0.4) is 0 Å². The van der Waals surface area contributed by atoms with Crippen molar-refractivity contribution < 1.29 is 9.90 Å². The van der Waals surface area contributed by atoms with E-state index in [2.05, 4.69) is 10.3 Å². The number of nitrogens with zero attached hydrogens (tertiary/aromatic N) is 4. The van der Waals surface area contributed by atoms with E-state index >= 15 is 0 Å². The standard InChI is InChI=1S/C14H16N4O2/c19-14(20)18-8-4-7-13(18)12-10-17(16-15-12)9-11-5-2-1-3-6-11/h1-3,5-6,10,13H,4,7-9H2,(H,19,20)/t13-/m0/s1. The van der Waals surface area contributed by atoms with Crippen LogP contribution in [-0.2, 0) is 6.54 Å². The van der Waals surface area contributed by atoms with Crippen LogP contribution in [0.1, 0.15) is 30.1 Å². The molecule has 1 amide bonds. The van der Waals surface area contributed by atoms with Gasteiger partial charge in [0.2, 0.25) is 0 Å². The molecule has 0 unspecified atom stereocenters. The molecule has 0 bridgehead atoms. The van der Waals surface area contributed by atoms with E-state index in [4.69, 9.17) is 5.11 Å². The van der Waals surface area contributed by atoms with Crippen molar-refractivity contribution in [1.29, 1.82) is 0 Å². The summed E-state index contributed by atoms with van der Waals surface area (Å²) in [5, 5.41) is 17.4. The Morgan fingerprint density at radius 3 is 2.90 bits per heavy atom. The quantitative estimate of drug-likeness (QED) is 0.929. The Bertz CT molecular complexity index is 596. The van der Waals surface area contributed by atoms with Crippen LogP contribution in [0.5, 0.6) is 0 Å². The summed E-state index contributed by atoms with van der Waals surface area (Å²) in [6, 6.07) is 9.84. The Labute approximate surface area is 116 Å². The van der Waals surface area contributed by atoms with Crippen LogP contribution in [0.2, 0.25) is 0 Å². The Morgan fingerprint density at radius 1 is 1.35 bits per heavy atom. The summed E-state index contributed by atoms with van der Waals surface area (Å²) in [5.41, 5.74) is 1.88. The van der Waals surface area contributed by atoms with Gasteiger partial charge in [0.05, 0.1) is 18.8 Å². The zero-order chi connectivity index (χ0) is 13.9. The Hall–Kier alpha value is -2.37. The Balaban J connectivity index is 1.75. The van der Waals surface area contributed by atoms with Gasteiger partial charge in [-0.3, -0.25) is 4.90 Å². The molecule has 1 N–H and O–H groups in total. The lowest BCUT2D eigenvalue weighted by Crippen LogP contribution is -2.28. The maximum atomic E-state index is 11.2. The highest BCUT2D eigenvalue weighted by atomic mass is 16.4. The number of rotatable bonds is 3. The van der Waals surface area contributed by atoms with Crippen LogP contribution in [0.15, 0.2) is 36.5 Å². The molecule has 6 nitrogen and oxygen atoms in total. The van der Waals surface area contributed by atoms with Gasteiger partial charge >= 0.3 is 6.09 Å². The monoisotopic (exact) mass is 272 g/mol. The number of benzene rings is 1. The number of hydrogen-bond donors (Lipinski definition) is 1. The molecule has 0 aliphatic carbocycles. The average molecular weight is 272 g/mol. The number of carboxylic acid groups (broad SMARTS) is 1. The van der Waals surface area contributed by atoms with Crippen molar-refractivity contribution >= 4 is 6.09 Å². The van der Waals surface area contributed by atoms with Crippen molar-refractivity contribution in [3.8, 4) is 0 Å². The number of aromatic nitrogens is 3. The van der Waals surface area contributed by atoms with Crippen molar-refractivity contribution in [2.24, 2.45) is 0 Å². The van der Waals surface area contributed by atoms with Crippen molar-refractivity contribution in [1.82, 2.24) is 19.9 Å². The molecule has 1 aromatic carbocycles. The van der Waals surface area contributed by atoms with Crippen LogP contribution >= 0.6 is 0 Å². The second kappa shape index (κ2) is 5.32. The second-order valence-corrected chi connectivity index (χ2v) is 4.96. The molecule has 2 aromatic rings. The van der Waals surface area contributed by atoms with E-state index in [0.717, 1.165) is 24.1 Å². The number of likely N-dealkylation sites (tertiary alicyclic amines) is 1. The number of amides is 1. The molecule has 1 fully saturated rings. The smallest absolute Gasteiger partial charge is 0.407 e. The fraction of sp³-hybridized carbons (Fsp3) is 0.357. The first-order chi connectivity index (χ1) is 9.74. The largest absolute Gasteiger partial charge is 0.465 e. The maximum absolute atomic E-state index is 11.2. The molecule has 0 saturated carbocycles. The van der Waals surface area contributed by atoms with Gasteiger partial charge < -0.3 is 5.11 Å². The third kappa shape index (κ3) is 2.49. The fourth-order valence-electron chi connectivity index (χ4n) is 2.62. The predicted octanol–water partition coefficient (Wildman–Crippen LogP) is 2.14. The van der Waals surface area contributed by atoms with E-state index in [-0.39, 0.29) is 6.04 Å². The molecule has 3 rings (SSSR count). The minimum absolute atomic E-state index is 0.156. The van der Waals surface area contributed by atoms with Gasteiger partial charge in [-0.15, -0.1) is 5.10 Å². The van der Waals surface area contributed by atoms with E-state index in [1.807, 2.05) is 36.5 Å². The van der Waals surface area contributed by atoms with Gasteiger partial charge in [-0.25, -0.2) is 9.48 Å². The molecule has 104 valence electrons. The molecule has 1 aliphatic heterocycles. The zero-order valence-corrected chi connectivity index (χ0v) is 11.0. The molecule has 1 aromatic heterocycles. The lowest BCUT2D eigenvalue weighted by atomic mass is 10.1. The normalized spacial score (nSPS) is 18.4. The van der Waals surface area contributed by atoms with E-state index < -0.39 is 6.09 Å². The van der Waals surface area contributed by atoms with Crippen LogP contribution in [-0.4, -0.2) is 37.6 Å². The highest BCUT2D eigenvalue weighted by Gasteiger charge is 2.31. The summed E-state index contributed by atoms with van der Waals surface area (Å²) in [4.78, 5) is 12.6. The summed E-state index contributed by atoms with van der Waals surface area (Å²) in [6.45, 7) is 1.22. The summed E-state index contributed by atoms with van der Waals surface area (Å²) in [7, 11) is 0. The number of hydrogen-bond acceptors (Lipinski definition) is 3. The van der Waals surface area contributed by atoms with Crippen molar-refractivity contribution in [2.45, 2.75) is 25.4 Å². The van der Waals surface area contributed by atoms with Crippen LogP contribution < -0.4 is 0 Å². The Morgan fingerprint density at radius 2 is 2.15 bits per heavy atom. The van der Waals surface area contributed by atoms with Gasteiger partial charge in [0, 0.05) is 6.54 Å². The van der Waals surface area contributed by atoms with Gasteiger partial charge in [-0.2, -0.15) is 0 Å². The zero-order valence-electron chi connectivity index (χ0n) is 11.0. The maximum Gasteiger partial charge on any atom is 0.407 e. The first kappa shape index (κ1) is 12.7. The summed E-state index contributed by atoms with van der Waals surface area (Å²) in [6.07, 6.45) is 2.66. The molecule has 6 heteroatoms. The average Bonchev–Trinajstić information content (AvgIpc) is 3.07. The fourth-order valence-corrected chi connectivity index (χ4v) is 2.62. The molecule has 1 aliphatic rings. The van der Waals surface area contributed by atoms with Gasteiger partial charge in [0.1, 0.15) is 5.69 Å². The molecule has 0 spiro atoms. The lowest BCUT2D eigenvalue weighted by molar-refractivity contribution is 0.139. The van der Waals surface area contributed by atoms with Crippen LogP contribution in [0.4, 0.5) is 4.79 Å². The van der Waals surface area contributed by atoms with Crippen molar-refractivity contribution in [3.05, 3.63) is 47.8 Å². The molecule has 0 radical (unpaired) electrons. The highest BCUT2D eigenvalue weighted by molar-refractivity contribution is 5.66. The van der Waals surface area contributed by atoms with Gasteiger partial charge in [0.25, 0.3) is 0 Å². The molecule has 20 heavy (non-hydrogen) atoms. The summed E-state index contributed by atoms with van der Waals surface area (Å²) >= 11 is 0. The molecule has 1 atom stereocenters. The van der Waals surface area contributed by atoms with E-state index in [1.165, 1.54) is 4.90 Å². The third-order valence-electron chi connectivity index (χ3n) is 3.58. The minimum atomic E-state index is -0.884. The van der Waals surface area contributed by atoms with E-state index in [9.17, 15) is 4.79 Å². The first-order valence-corrected chi connectivity index (χ1v) is 6.67. The number of carbonyl (C=O) groups is 1. The Kier molecular flexibility index (Phi) is 3.37. The van der Waals surface area contributed by atoms with E-state index in [0.29, 0.717) is 13.1 Å². The predicted molar refractivity (Wildman–Crippen MR) is 72.3 cm³/mol. The molecule has 2 heterocycles. The third-order valence-corrected chi connectivity index (χ3v) is 3.58. The van der Waals surface area contributed by atoms with Gasteiger partial charge in [-0.1, -0.05) is 35.5 Å². The SMILES string of the molecule is O=C(O)N1CCC[C@H]1c1cn(Cc2ccccc2)nn1. The van der Waals surface area contributed by atoms with Crippen LogP contribution in [0, 0.1) is 0 Å². The van der Waals surface area contributed by atoms with E-state index in [1.54, 1.807) is 4.68 Å². The van der Waals surface area contributed by atoms with Crippen molar-refractivity contribution in [3.63, 3.8) is 0 Å². The summed E-state index contributed by atoms with van der Waals surface area (Å²) in [5.74, 6) is 0.